The first-order valence-electron chi connectivity index (χ1n) is 8.72. The molecule has 1 aliphatic carbocycles. The van der Waals surface area contributed by atoms with E-state index in [9.17, 15) is 23.1 Å². The molecule has 0 spiro atoms. The zero-order chi connectivity index (χ0) is 18.9. The molecule has 1 aromatic rings. The van der Waals surface area contributed by atoms with Crippen LogP contribution in [0.2, 0.25) is 0 Å². The number of likely N-dealkylation sites (N-methyl/N-ethyl adjacent to an activating group) is 1. The lowest BCUT2D eigenvalue weighted by Crippen LogP contribution is -2.50. The maximum Gasteiger partial charge on any atom is 0.326 e. The molecule has 3 rings (SSSR count). The van der Waals surface area contributed by atoms with Crippen LogP contribution in [-0.2, 0) is 19.6 Å². The Morgan fingerprint density at radius 3 is 2.73 bits per heavy atom. The van der Waals surface area contributed by atoms with Crippen molar-refractivity contribution in [1.29, 1.82) is 0 Å². The van der Waals surface area contributed by atoms with Crippen molar-refractivity contribution in [1.82, 2.24) is 14.2 Å². The first-order valence-corrected chi connectivity index (χ1v) is 10.2. The normalized spacial score (nSPS) is 25.9. The Balaban J connectivity index is 1.78. The average Bonchev–Trinajstić information content (AvgIpc) is 3.02. The van der Waals surface area contributed by atoms with Crippen LogP contribution in [0.1, 0.15) is 32.1 Å². The van der Waals surface area contributed by atoms with Crippen molar-refractivity contribution >= 4 is 21.9 Å². The predicted molar refractivity (Wildman–Crippen MR) is 92.7 cm³/mol. The van der Waals surface area contributed by atoms with Gasteiger partial charge in [-0.05, 0) is 37.3 Å². The third kappa shape index (κ3) is 3.45. The highest BCUT2D eigenvalue weighted by molar-refractivity contribution is 7.89. The summed E-state index contributed by atoms with van der Waals surface area (Å²) in [5.74, 6) is -1.29. The molecular formula is C17H23N3O5S. The number of fused-ring (bicyclic) bond motifs is 1. The third-order valence-electron chi connectivity index (χ3n) is 5.36. The maximum atomic E-state index is 12.8. The van der Waals surface area contributed by atoms with Crippen molar-refractivity contribution in [3.8, 4) is 0 Å². The first kappa shape index (κ1) is 18.8. The largest absolute Gasteiger partial charge is 0.480 e. The standard InChI is InChI=1S/C17H23N3O5S/c1-19(26(24,25)13-6-4-8-18-10-13)11-16(21)20-14-7-3-2-5-12(14)9-15(20)17(22)23/h4,6,8,10,12,14-15H,2-3,5,7,9,11H2,1H3,(H,22,23). The highest BCUT2D eigenvalue weighted by Gasteiger charge is 2.47. The van der Waals surface area contributed by atoms with Crippen molar-refractivity contribution in [2.24, 2.45) is 5.92 Å². The van der Waals surface area contributed by atoms with Gasteiger partial charge in [0, 0.05) is 25.5 Å². The van der Waals surface area contributed by atoms with Crippen molar-refractivity contribution < 1.29 is 23.1 Å². The van der Waals surface area contributed by atoms with Crippen molar-refractivity contribution in [3.63, 3.8) is 0 Å². The van der Waals surface area contributed by atoms with E-state index in [1.807, 2.05) is 0 Å². The lowest BCUT2D eigenvalue weighted by Gasteiger charge is -2.33. The Labute approximate surface area is 152 Å². The van der Waals surface area contributed by atoms with Gasteiger partial charge in [0.25, 0.3) is 0 Å². The number of sulfonamides is 1. The minimum atomic E-state index is -3.85. The van der Waals surface area contributed by atoms with Crippen LogP contribution in [-0.4, -0.2) is 65.3 Å². The average molecular weight is 381 g/mol. The van der Waals surface area contributed by atoms with Crippen LogP contribution in [0.15, 0.2) is 29.4 Å². The summed E-state index contributed by atoms with van der Waals surface area (Å²) in [7, 11) is -2.53. The molecule has 8 nitrogen and oxygen atoms in total. The Kier molecular flexibility index (Phi) is 5.29. The molecule has 142 valence electrons. The number of pyridine rings is 1. The molecule has 2 aliphatic rings. The fourth-order valence-corrected chi connectivity index (χ4v) is 5.16. The molecule has 2 heterocycles. The molecule has 1 N–H and O–H groups in total. The van der Waals surface area contributed by atoms with E-state index in [-0.39, 0.29) is 23.4 Å². The highest BCUT2D eigenvalue weighted by Crippen LogP contribution is 2.39. The van der Waals surface area contributed by atoms with E-state index < -0.39 is 27.9 Å². The lowest BCUT2D eigenvalue weighted by molar-refractivity contribution is -0.149. The highest BCUT2D eigenvalue weighted by atomic mass is 32.2. The number of hydrogen-bond acceptors (Lipinski definition) is 5. The molecule has 0 aromatic carbocycles. The molecule has 0 radical (unpaired) electrons. The first-order chi connectivity index (χ1) is 12.3. The smallest absolute Gasteiger partial charge is 0.326 e. The van der Waals surface area contributed by atoms with Gasteiger partial charge >= 0.3 is 5.97 Å². The lowest BCUT2D eigenvalue weighted by atomic mass is 9.85. The molecule has 3 unspecified atom stereocenters. The van der Waals surface area contributed by atoms with Gasteiger partial charge in [0.2, 0.25) is 15.9 Å². The number of hydrogen-bond donors (Lipinski definition) is 1. The summed E-state index contributed by atoms with van der Waals surface area (Å²) < 4.78 is 26.1. The zero-order valence-electron chi connectivity index (χ0n) is 14.6. The minimum Gasteiger partial charge on any atom is -0.480 e. The molecule has 2 fully saturated rings. The molecule has 1 amide bonds. The Bertz CT molecular complexity index is 783. The van der Waals surface area contributed by atoms with Gasteiger partial charge < -0.3 is 10.0 Å². The summed E-state index contributed by atoms with van der Waals surface area (Å²) in [4.78, 5) is 29.7. The number of likely N-dealkylation sites (tertiary alicyclic amines) is 1. The molecule has 1 aromatic heterocycles. The second-order valence-electron chi connectivity index (χ2n) is 6.95. The zero-order valence-corrected chi connectivity index (χ0v) is 15.4. The summed E-state index contributed by atoms with van der Waals surface area (Å²) in [5, 5.41) is 9.52. The number of nitrogens with zero attached hydrogens (tertiary/aromatic N) is 3. The fraction of sp³-hybridized carbons (Fsp3) is 0.588. The quantitative estimate of drug-likeness (QED) is 0.813. The maximum absolute atomic E-state index is 12.8. The van der Waals surface area contributed by atoms with E-state index in [2.05, 4.69) is 4.98 Å². The topological polar surface area (TPSA) is 108 Å². The Morgan fingerprint density at radius 2 is 2.08 bits per heavy atom. The number of carboxylic acid groups (broad SMARTS) is 1. The molecular weight excluding hydrogens is 358 g/mol. The van der Waals surface area contributed by atoms with Gasteiger partial charge in [0.05, 0.1) is 6.54 Å². The van der Waals surface area contributed by atoms with Crippen LogP contribution < -0.4 is 0 Å². The van der Waals surface area contributed by atoms with Crippen LogP contribution in [0.4, 0.5) is 0 Å². The second kappa shape index (κ2) is 7.32. The summed E-state index contributed by atoms with van der Waals surface area (Å²) in [6, 6.07) is 1.95. The van der Waals surface area contributed by atoms with Crippen LogP contribution in [0, 0.1) is 5.92 Å². The number of carboxylic acids is 1. The van der Waals surface area contributed by atoms with Crippen molar-refractivity contribution in [2.45, 2.75) is 49.1 Å². The monoisotopic (exact) mass is 381 g/mol. The van der Waals surface area contributed by atoms with Gasteiger partial charge in [-0.25, -0.2) is 13.2 Å². The molecule has 0 bridgehead atoms. The van der Waals surface area contributed by atoms with Crippen LogP contribution in [0.25, 0.3) is 0 Å². The van der Waals surface area contributed by atoms with Crippen LogP contribution >= 0.6 is 0 Å². The number of carbonyl (C=O) groups excluding carboxylic acids is 1. The second-order valence-corrected chi connectivity index (χ2v) is 9.00. The number of aromatic nitrogens is 1. The third-order valence-corrected chi connectivity index (χ3v) is 7.15. The van der Waals surface area contributed by atoms with E-state index in [0.29, 0.717) is 6.42 Å². The van der Waals surface area contributed by atoms with Crippen LogP contribution in [0.3, 0.4) is 0 Å². The molecule has 3 atom stereocenters. The van der Waals surface area contributed by atoms with Crippen LogP contribution in [0.5, 0.6) is 0 Å². The molecule has 1 saturated heterocycles. The Morgan fingerprint density at radius 1 is 1.35 bits per heavy atom. The van der Waals surface area contributed by atoms with E-state index in [0.717, 1.165) is 30.0 Å². The van der Waals surface area contributed by atoms with E-state index in [1.165, 1.54) is 36.5 Å². The van der Waals surface area contributed by atoms with Gasteiger partial charge in [0.1, 0.15) is 10.9 Å². The molecule has 26 heavy (non-hydrogen) atoms. The molecule has 1 saturated carbocycles. The van der Waals surface area contributed by atoms with E-state index >= 15 is 0 Å². The number of rotatable bonds is 5. The molecule has 9 heteroatoms. The fourth-order valence-electron chi connectivity index (χ4n) is 4.08. The van der Waals surface area contributed by atoms with Gasteiger partial charge in [-0.2, -0.15) is 4.31 Å². The van der Waals surface area contributed by atoms with E-state index in [1.54, 1.807) is 0 Å². The minimum absolute atomic E-state index is 0.00190. The van der Waals surface area contributed by atoms with E-state index in [4.69, 9.17) is 0 Å². The van der Waals surface area contributed by atoms with Crippen molar-refractivity contribution in [2.75, 3.05) is 13.6 Å². The Hall–Kier alpha value is -2.00. The van der Waals surface area contributed by atoms with Gasteiger partial charge in [0.15, 0.2) is 0 Å². The summed E-state index contributed by atoms with van der Waals surface area (Å²) in [6.07, 6.45) is 6.84. The number of amides is 1. The number of aliphatic carboxylic acids is 1. The SMILES string of the molecule is CN(CC(=O)N1C(C(=O)O)CC2CCCCC21)S(=O)(=O)c1cccnc1. The van der Waals surface area contributed by atoms with Crippen molar-refractivity contribution in [3.05, 3.63) is 24.5 Å². The predicted octanol–water partition coefficient (Wildman–Crippen LogP) is 0.946. The molecule has 1 aliphatic heterocycles. The summed E-state index contributed by atoms with van der Waals surface area (Å²) >= 11 is 0. The van der Waals surface area contributed by atoms with Gasteiger partial charge in [-0.1, -0.05) is 12.8 Å². The summed E-state index contributed by atoms with van der Waals surface area (Å²) in [6.45, 7) is -0.385. The summed E-state index contributed by atoms with van der Waals surface area (Å²) in [5.41, 5.74) is 0. The number of carbonyl (C=O) groups is 2. The van der Waals surface area contributed by atoms with Gasteiger partial charge in [-0.15, -0.1) is 0 Å². The van der Waals surface area contributed by atoms with Gasteiger partial charge in [-0.3, -0.25) is 9.78 Å².